The van der Waals surface area contributed by atoms with Crippen LogP contribution in [0.1, 0.15) is 10.5 Å². The summed E-state index contributed by atoms with van der Waals surface area (Å²) in [6, 6.07) is 13.7. The molecule has 1 aliphatic heterocycles. The Morgan fingerprint density at radius 3 is 2.52 bits per heavy atom. The number of carbonyl (C=O) groups is 1. The lowest BCUT2D eigenvalue weighted by Crippen LogP contribution is -2.49. The number of carbonyl (C=O) groups excluding carboxylic acids is 1. The van der Waals surface area contributed by atoms with Crippen LogP contribution in [0.25, 0.3) is 5.65 Å². The van der Waals surface area contributed by atoms with Gasteiger partial charge in [0, 0.05) is 44.3 Å². The van der Waals surface area contributed by atoms with Crippen molar-refractivity contribution in [3.63, 3.8) is 0 Å². The summed E-state index contributed by atoms with van der Waals surface area (Å²) in [5, 5.41) is 0. The number of benzene rings is 1. The Bertz CT molecular complexity index is 880. The maximum absolute atomic E-state index is 12.9. The summed E-state index contributed by atoms with van der Waals surface area (Å²) in [6.07, 6.45) is 3.55. The van der Waals surface area contributed by atoms with Crippen molar-refractivity contribution in [2.45, 2.75) is 0 Å². The van der Waals surface area contributed by atoms with Gasteiger partial charge in [-0.05, 0) is 36.4 Å². The van der Waals surface area contributed by atoms with Gasteiger partial charge >= 0.3 is 0 Å². The second-order valence-electron chi connectivity index (χ2n) is 6.04. The first kappa shape index (κ1) is 15.5. The Kier molecular flexibility index (Phi) is 4.01. The second-order valence-corrected chi connectivity index (χ2v) is 6.04. The Balaban J connectivity index is 1.46. The third kappa shape index (κ3) is 2.91. The van der Waals surface area contributed by atoms with Crippen LogP contribution in [-0.2, 0) is 0 Å². The number of pyridine rings is 1. The predicted molar refractivity (Wildman–Crippen MR) is 96.3 cm³/mol. The SMILES string of the molecule is COc1ccc(N2CCN(C(=O)c3cccc4nccn34)CC2)cc1. The molecule has 3 heterocycles. The highest BCUT2D eigenvalue weighted by Gasteiger charge is 2.23. The number of hydrogen-bond acceptors (Lipinski definition) is 4. The van der Waals surface area contributed by atoms with Gasteiger partial charge in [0.25, 0.3) is 5.91 Å². The number of fused-ring (bicyclic) bond motifs is 1. The van der Waals surface area contributed by atoms with Gasteiger partial charge in [-0.1, -0.05) is 6.07 Å². The zero-order valence-corrected chi connectivity index (χ0v) is 14.1. The fourth-order valence-corrected chi connectivity index (χ4v) is 3.24. The second kappa shape index (κ2) is 6.47. The van der Waals surface area contributed by atoms with Gasteiger partial charge in [-0.15, -0.1) is 0 Å². The van der Waals surface area contributed by atoms with Crippen LogP contribution in [0.5, 0.6) is 5.75 Å². The molecule has 6 heteroatoms. The van der Waals surface area contributed by atoms with Crippen molar-refractivity contribution < 1.29 is 9.53 Å². The molecule has 0 radical (unpaired) electrons. The van der Waals surface area contributed by atoms with E-state index in [1.54, 1.807) is 13.3 Å². The molecule has 0 N–H and O–H groups in total. The maximum Gasteiger partial charge on any atom is 0.271 e. The Labute approximate surface area is 146 Å². The van der Waals surface area contributed by atoms with Gasteiger partial charge in [0.05, 0.1) is 7.11 Å². The third-order valence-electron chi connectivity index (χ3n) is 4.65. The van der Waals surface area contributed by atoms with Gasteiger partial charge < -0.3 is 14.5 Å². The molecule has 1 amide bonds. The summed E-state index contributed by atoms with van der Waals surface area (Å²) < 4.78 is 7.05. The van der Waals surface area contributed by atoms with E-state index in [1.165, 1.54) is 0 Å². The third-order valence-corrected chi connectivity index (χ3v) is 4.65. The van der Waals surface area contributed by atoms with Crippen LogP contribution >= 0.6 is 0 Å². The number of methoxy groups -OCH3 is 1. The molecular weight excluding hydrogens is 316 g/mol. The number of nitrogens with zero attached hydrogens (tertiary/aromatic N) is 4. The number of amides is 1. The predicted octanol–water partition coefficient (Wildman–Crippen LogP) is 2.31. The minimum absolute atomic E-state index is 0.0537. The number of imidazole rings is 1. The average molecular weight is 336 g/mol. The Morgan fingerprint density at radius 2 is 1.80 bits per heavy atom. The van der Waals surface area contributed by atoms with E-state index in [2.05, 4.69) is 22.0 Å². The lowest BCUT2D eigenvalue weighted by molar-refractivity contribution is 0.0739. The molecule has 0 bridgehead atoms. The standard InChI is InChI=1S/C19H20N4O2/c1-25-16-7-5-15(6-8-16)21-11-13-22(14-12-21)19(24)17-3-2-4-18-20-9-10-23(17)18/h2-10H,11-14H2,1H3. The number of aromatic nitrogens is 2. The first-order chi connectivity index (χ1) is 12.3. The van der Waals surface area contributed by atoms with Crippen molar-refractivity contribution in [1.29, 1.82) is 0 Å². The van der Waals surface area contributed by atoms with E-state index in [-0.39, 0.29) is 5.91 Å². The van der Waals surface area contributed by atoms with Crippen LogP contribution < -0.4 is 9.64 Å². The van der Waals surface area contributed by atoms with Crippen LogP contribution in [0.3, 0.4) is 0 Å². The lowest BCUT2D eigenvalue weighted by atomic mass is 10.2. The molecule has 0 saturated carbocycles. The van der Waals surface area contributed by atoms with Gasteiger partial charge in [0.15, 0.2) is 0 Å². The molecule has 2 aromatic heterocycles. The highest BCUT2D eigenvalue weighted by atomic mass is 16.5. The molecule has 0 aliphatic carbocycles. The van der Waals surface area contributed by atoms with Crippen molar-refractivity contribution in [1.82, 2.24) is 14.3 Å². The van der Waals surface area contributed by atoms with Crippen molar-refractivity contribution in [2.24, 2.45) is 0 Å². The molecular formula is C19H20N4O2. The van der Waals surface area contributed by atoms with E-state index in [9.17, 15) is 4.79 Å². The number of rotatable bonds is 3. The molecule has 6 nitrogen and oxygen atoms in total. The van der Waals surface area contributed by atoms with Crippen LogP contribution in [-0.4, -0.2) is 53.5 Å². The number of hydrogen-bond donors (Lipinski definition) is 0. The Hall–Kier alpha value is -3.02. The Morgan fingerprint density at radius 1 is 1.04 bits per heavy atom. The minimum Gasteiger partial charge on any atom is -0.497 e. The fraction of sp³-hybridized carbons (Fsp3) is 0.263. The minimum atomic E-state index is 0.0537. The smallest absolute Gasteiger partial charge is 0.271 e. The monoisotopic (exact) mass is 336 g/mol. The molecule has 1 aliphatic rings. The topological polar surface area (TPSA) is 50.1 Å². The van der Waals surface area contributed by atoms with Gasteiger partial charge in [-0.2, -0.15) is 0 Å². The van der Waals surface area contributed by atoms with E-state index in [0.29, 0.717) is 18.8 Å². The maximum atomic E-state index is 12.9. The van der Waals surface area contributed by atoms with Gasteiger partial charge in [0.2, 0.25) is 0 Å². The van der Waals surface area contributed by atoms with E-state index in [4.69, 9.17) is 4.74 Å². The molecule has 4 rings (SSSR count). The van der Waals surface area contributed by atoms with Crippen LogP contribution in [0.4, 0.5) is 5.69 Å². The molecule has 25 heavy (non-hydrogen) atoms. The van der Waals surface area contributed by atoms with E-state index < -0.39 is 0 Å². The summed E-state index contributed by atoms with van der Waals surface area (Å²) >= 11 is 0. The first-order valence-electron chi connectivity index (χ1n) is 8.36. The molecule has 0 unspecified atom stereocenters. The van der Waals surface area contributed by atoms with E-state index in [1.807, 2.05) is 45.8 Å². The summed E-state index contributed by atoms with van der Waals surface area (Å²) in [4.78, 5) is 21.3. The summed E-state index contributed by atoms with van der Waals surface area (Å²) in [7, 11) is 1.67. The van der Waals surface area contributed by atoms with Crippen molar-refractivity contribution in [3.05, 3.63) is 60.6 Å². The number of ether oxygens (including phenoxy) is 1. The van der Waals surface area contributed by atoms with Crippen LogP contribution in [0.2, 0.25) is 0 Å². The molecule has 128 valence electrons. The van der Waals surface area contributed by atoms with Crippen molar-refractivity contribution in [2.75, 3.05) is 38.2 Å². The first-order valence-corrected chi connectivity index (χ1v) is 8.36. The van der Waals surface area contributed by atoms with Crippen molar-refractivity contribution in [3.8, 4) is 5.75 Å². The van der Waals surface area contributed by atoms with Gasteiger partial charge in [-0.3, -0.25) is 9.20 Å². The molecule has 0 atom stereocenters. The summed E-state index contributed by atoms with van der Waals surface area (Å²) in [6.45, 7) is 3.04. The van der Waals surface area contributed by atoms with Crippen LogP contribution in [0, 0.1) is 0 Å². The molecule has 1 aromatic carbocycles. The quantitative estimate of drug-likeness (QED) is 0.736. The molecule has 1 fully saturated rings. The zero-order chi connectivity index (χ0) is 17.2. The average Bonchev–Trinajstić information content (AvgIpc) is 3.16. The zero-order valence-electron chi connectivity index (χ0n) is 14.1. The van der Waals surface area contributed by atoms with E-state index in [0.717, 1.165) is 30.2 Å². The number of piperazine rings is 1. The molecule has 1 saturated heterocycles. The molecule has 3 aromatic rings. The van der Waals surface area contributed by atoms with Gasteiger partial charge in [0.1, 0.15) is 17.1 Å². The largest absolute Gasteiger partial charge is 0.497 e. The van der Waals surface area contributed by atoms with E-state index >= 15 is 0 Å². The van der Waals surface area contributed by atoms with Crippen molar-refractivity contribution >= 4 is 17.2 Å². The highest BCUT2D eigenvalue weighted by molar-refractivity contribution is 5.93. The van der Waals surface area contributed by atoms with Crippen LogP contribution in [0.15, 0.2) is 54.9 Å². The summed E-state index contributed by atoms with van der Waals surface area (Å²) in [5.74, 6) is 0.906. The number of anilines is 1. The molecule has 0 spiro atoms. The highest BCUT2D eigenvalue weighted by Crippen LogP contribution is 2.21. The van der Waals surface area contributed by atoms with Gasteiger partial charge in [-0.25, -0.2) is 4.98 Å². The fourth-order valence-electron chi connectivity index (χ4n) is 3.24. The summed E-state index contributed by atoms with van der Waals surface area (Å²) in [5.41, 5.74) is 2.61. The lowest BCUT2D eigenvalue weighted by Gasteiger charge is -2.36. The normalized spacial score (nSPS) is 14.8.